The smallest absolute Gasteiger partial charge is 0.255 e. The molecule has 2 aliphatic heterocycles. The third-order valence-electron chi connectivity index (χ3n) is 6.66. The number of nitrogens with one attached hydrogen (secondary N) is 1. The van der Waals surface area contributed by atoms with Crippen LogP contribution in [-0.2, 0) is 23.2 Å². The van der Waals surface area contributed by atoms with E-state index in [1.807, 2.05) is 71.3 Å². The zero-order valence-electron chi connectivity index (χ0n) is 19.0. The lowest BCUT2D eigenvalue weighted by Crippen LogP contribution is -2.52. The number of benzene rings is 2. The van der Waals surface area contributed by atoms with Crippen LogP contribution in [0.1, 0.15) is 28.8 Å². The Morgan fingerprint density at radius 2 is 1.86 bits per heavy atom. The molecule has 4 aromatic rings. The highest BCUT2D eigenvalue weighted by Crippen LogP contribution is 2.36. The van der Waals surface area contributed by atoms with E-state index in [0.717, 1.165) is 33.6 Å². The van der Waals surface area contributed by atoms with E-state index < -0.39 is 11.9 Å². The summed E-state index contributed by atoms with van der Waals surface area (Å²) in [4.78, 5) is 38.5. The van der Waals surface area contributed by atoms with Gasteiger partial charge in [0.15, 0.2) is 0 Å². The summed E-state index contributed by atoms with van der Waals surface area (Å²) in [6.45, 7) is 0.332. The zero-order chi connectivity index (χ0) is 24.1. The van der Waals surface area contributed by atoms with E-state index in [4.69, 9.17) is 0 Å². The Kier molecular flexibility index (Phi) is 4.84. The van der Waals surface area contributed by atoms with Crippen molar-refractivity contribution in [1.82, 2.24) is 29.8 Å². The van der Waals surface area contributed by atoms with Crippen molar-refractivity contribution in [2.75, 3.05) is 0 Å². The van der Waals surface area contributed by atoms with Crippen LogP contribution >= 0.6 is 0 Å². The Morgan fingerprint density at radius 3 is 2.66 bits per heavy atom. The molecule has 0 spiro atoms. The van der Waals surface area contributed by atoms with Gasteiger partial charge >= 0.3 is 0 Å². The summed E-state index contributed by atoms with van der Waals surface area (Å²) in [5.41, 5.74) is 6.22. The van der Waals surface area contributed by atoms with Crippen molar-refractivity contribution >= 4 is 17.7 Å². The fourth-order valence-corrected chi connectivity index (χ4v) is 4.95. The lowest BCUT2D eigenvalue weighted by Gasteiger charge is -2.29. The maximum atomic E-state index is 13.0. The molecule has 1 fully saturated rings. The largest absolute Gasteiger partial charge is 0.322 e. The van der Waals surface area contributed by atoms with E-state index in [-0.39, 0.29) is 18.2 Å². The molecule has 2 aromatic heterocycles. The number of imide groups is 1. The topological polar surface area (TPSA) is 102 Å². The van der Waals surface area contributed by atoms with Crippen molar-refractivity contribution in [3.63, 3.8) is 0 Å². The van der Waals surface area contributed by atoms with E-state index in [1.165, 1.54) is 0 Å². The van der Waals surface area contributed by atoms with Gasteiger partial charge in [0.25, 0.3) is 5.91 Å². The average molecular weight is 467 g/mol. The van der Waals surface area contributed by atoms with Gasteiger partial charge in [0, 0.05) is 49.1 Å². The van der Waals surface area contributed by atoms with Gasteiger partial charge in [0.05, 0.1) is 17.6 Å². The van der Waals surface area contributed by atoms with Crippen molar-refractivity contribution in [3.05, 3.63) is 78.2 Å². The second kappa shape index (κ2) is 8.05. The molecule has 9 heteroatoms. The van der Waals surface area contributed by atoms with E-state index in [0.29, 0.717) is 18.5 Å². The number of piperidine rings is 1. The number of hydrogen-bond donors (Lipinski definition) is 1. The minimum atomic E-state index is -0.630. The highest BCUT2D eigenvalue weighted by Gasteiger charge is 2.39. The first-order valence-corrected chi connectivity index (χ1v) is 11.4. The fourth-order valence-electron chi connectivity index (χ4n) is 4.95. The normalized spacial score (nSPS) is 17.6. The van der Waals surface area contributed by atoms with E-state index in [1.54, 1.807) is 11.1 Å². The van der Waals surface area contributed by atoms with Gasteiger partial charge in [0.2, 0.25) is 11.8 Å². The molecular weight excluding hydrogens is 444 g/mol. The molecule has 6 rings (SSSR count). The summed E-state index contributed by atoms with van der Waals surface area (Å²) in [5.74, 6) is -0.882. The third kappa shape index (κ3) is 3.52. The van der Waals surface area contributed by atoms with Crippen LogP contribution in [0.5, 0.6) is 0 Å². The van der Waals surface area contributed by atoms with Crippen molar-refractivity contribution in [3.8, 4) is 28.1 Å². The van der Waals surface area contributed by atoms with Gasteiger partial charge < -0.3 is 4.90 Å². The maximum absolute atomic E-state index is 13.0. The standard InChI is InChI=1S/C26H22N6O3/c1-30-24(17-4-2-5-19(13-17)32-11-3-10-27-32)21(14-28-30)16-6-7-20-18(12-16)15-31(26(20)35)22-8-9-23(33)29-25(22)34/h2-7,10-14,22H,8-9,15H2,1H3,(H,29,33,34). The first kappa shape index (κ1) is 21.0. The Balaban J connectivity index is 1.35. The van der Waals surface area contributed by atoms with Crippen LogP contribution in [-0.4, -0.2) is 48.2 Å². The van der Waals surface area contributed by atoms with Crippen molar-refractivity contribution in [2.24, 2.45) is 7.05 Å². The minimum Gasteiger partial charge on any atom is -0.322 e. The van der Waals surface area contributed by atoms with Crippen LogP contribution in [0.15, 0.2) is 67.1 Å². The first-order valence-electron chi connectivity index (χ1n) is 11.4. The van der Waals surface area contributed by atoms with E-state index in [9.17, 15) is 14.4 Å². The Morgan fingerprint density at radius 1 is 0.971 bits per heavy atom. The number of amides is 3. The zero-order valence-corrected chi connectivity index (χ0v) is 19.0. The molecule has 4 heterocycles. The summed E-state index contributed by atoms with van der Waals surface area (Å²) < 4.78 is 3.65. The second-order valence-corrected chi connectivity index (χ2v) is 8.80. The van der Waals surface area contributed by atoms with Crippen LogP contribution in [0, 0.1) is 0 Å². The Hall–Kier alpha value is -4.53. The summed E-state index contributed by atoms with van der Waals surface area (Å²) in [5, 5.41) is 11.2. The monoisotopic (exact) mass is 466 g/mol. The molecule has 35 heavy (non-hydrogen) atoms. The van der Waals surface area contributed by atoms with Crippen LogP contribution in [0.3, 0.4) is 0 Å². The molecule has 0 saturated carbocycles. The molecule has 2 aromatic carbocycles. The highest BCUT2D eigenvalue weighted by molar-refractivity contribution is 6.05. The molecule has 3 amide bonds. The number of carbonyl (C=O) groups is 3. The lowest BCUT2D eigenvalue weighted by atomic mass is 9.98. The molecule has 1 atom stereocenters. The Bertz CT molecular complexity index is 1490. The van der Waals surface area contributed by atoms with Gasteiger partial charge in [0.1, 0.15) is 6.04 Å². The molecule has 2 aliphatic rings. The predicted octanol–water partition coefficient (Wildman–Crippen LogP) is 2.70. The van der Waals surface area contributed by atoms with Gasteiger partial charge in [-0.15, -0.1) is 0 Å². The van der Waals surface area contributed by atoms with Crippen LogP contribution in [0.25, 0.3) is 28.1 Å². The van der Waals surface area contributed by atoms with Gasteiger partial charge in [-0.1, -0.05) is 18.2 Å². The number of aromatic nitrogens is 4. The van der Waals surface area contributed by atoms with E-state index in [2.05, 4.69) is 21.6 Å². The third-order valence-corrected chi connectivity index (χ3v) is 6.66. The SMILES string of the molecule is Cn1ncc(-c2ccc3c(c2)CN(C2CCC(=O)NC2=O)C3=O)c1-c1cccc(-n2cccn2)c1. The van der Waals surface area contributed by atoms with Gasteiger partial charge in [-0.25, -0.2) is 4.68 Å². The number of fused-ring (bicyclic) bond motifs is 1. The van der Waals surface area contributed by atoms with Crippen LogP contribution in [0.4, 0.5) is 0 Å². The van der Waals surface area contributed by atoms with Crippen molar-refractivity contribution < 1.29 is 14.4 Å². The summed E-state index contributed by atoms with van der Waals surface area (Å²) in [6.07, 6.45) is 6.04. The van der Waals surface area contributed by atoms with Crippen LogP contribution < -0.4 is 5.32 Å². The summed E-state index contributed by atoms with van der Waals surface area (Å²) >= 11 is 0. The van der Waals surface area contributed by atoms with Gasteiger partial charge in [-0.05, 0) is 47.9 Å². The summed E-state index contributed by atoms with van der Waals surface area (Å²) in [6, 6.07) is 15.1. The van der Waals surface area contributed by atoms with E-state index >= 15 is 0 Å². The van der Waals surface area contributed by atoms with Gasteiger partial charge in [-0.3, -0.25) is 24.4 Å². The summed E-state index contributed by atoms with van der Waals surface area (Å²) in [7, 11) is 1.90. The van der Waals surface area contributed by atoms with Crippen LogP contribution in [0.2, 0.25) is 0 Å². The van der Waals surface area contributed by atoms with Crippen molar-refractivity contribution in [1.29, 1.82) is 0 Å². The number of rotatable bonds is 4. The number of carbonyl (C=O) groups excluding carboxylic acids is 3. The van der Waals surface area contributed by atoms with Crippen molar-refractivity contribution in [2.45, 2.75) is 25.4 Å². The molecule has 1 unspecified atom stereocenters. The molecule has 174 valence electrons. The maximum Gasteiger partial charge on any atom is 0.255 e. The number of aryl methyl sites for hydroxylation is 1. The predicted molar refractivity (Wildman–Crippen MR) is 127 cm³/mol. The molecular formula is C26H22N6O3. The fraction of sp³-hybridized carbons (Fsp3) is 0.192. The molecule has 1 N–H and O–H groups in total. The number of nitrogens with zero attached hydrogens (tertiary/aromatic N) is 5. The molecule has 9 nitrogen and oxygen atoms in total. The first-order chi connectivity index (χ1) is 17.0. The van der Waals surface area contributed by atoms with Gasteiger partial charge in [-0.2, -0.15) is 10.2 Å². The quantitative estimate of drug-likeness (QED) is 0.466. The Labute approximate surface area is 201 Å². The molecule has 0 aliphatic carbocycles. The molecule has 0 radical (unpaired) electrons. The second-order valence-electron chi connectivity index (χ2n) is 8.80. The minimum absolute atomic E-state index is 0.181. The average Bonchev–Trinajstić information content (AvgIpc) is 3.59. The highest BCUT2D eigenvalue weighted by atomic mass is 16.2. The molecule has 1 saturated heterocycles. The lowest BCUT2D eigenvalue weighted by molar-refractivity contribution is -0.136. The molecule has 0 bridgehead atoms. The number of hydrogen-bond acceptors (Lipinski definition) is 5.